The topological polar surface area (TPSA) is 142 Å². The van der Waals surface area contributed by atoms with Crippen molar-refractivity contribution in [3.63, 3.8) is 0 Å². The van der Waals surface area contributed by atoms with Gasteiger partial charge in [0.2, 0.25) is 5.75 Å². The summed E-state index contributed by atoms with van der Waals surface area (Å²) in [6, 6.07) is 7.76. The van der Waals surface area contributed by atoms with E-state index in [2.05, 4.69) is 0 Å². The second-order valence-electron chi connectivity index (χ2n) is 8.47. The fraction of sp³-hybridized carbons (Fsp3) is 0.333. The van der Waals surface area contributed by atoms with Gasteiger partial charge in [-0.25, -0.2) is 0 Å². The second-order valence-corrected chi connectivity index (χ2v) is 9.47. The molecule has 0 N–H and O–H groups in total. The highest BCUT2D eigenvalue weighted by atomic mass is 32.2. The Hall–Kier alpha value is -3.93. The van der Waals surface area contributed by atoms with E-state index in [9.17, 15) is 29.8 Å². The lowest BCUT2D eigenvalue weighted by Gasteiger charge is -2.25. The van der Waals surface area contributed by atoms with Crippen LogP contribution in [0.3, 0.4) is 0 Å². The molecule has 0 atom stereocenters. The lowest BCUT2D eigenvalue weighted by molar-refractivity contribution is -0.394. The highest BCUT2D eigenvalue weighted by Gasteiger charge is 2.36. The number of carbonyl (C=O) groups is 2. The van der Waals surface area contributed by atoms with Crippen LogP contribution in [-0.2, 0) is 4.79 Å². The normalized spacial score (nSPS) is 17.5. The molecule has 4 rings (SSSR count). The molecule has 188 valence electrons. The SMILES string of the molecule is COc1cc(/C=C2/SC(=O)N(CC3CCCCC3)C2=O)ccc1Oc1ccc([N+](=O)[O-])cc1[N+](=O)[O-]. The third kappa shape index (κ3) is 5.48. The molecule has 0 bridgehead atoms. The Morgan fingerprint density at radius 1 is 1.00 bits per heavy atom. The Bertz CT molecular complexity index is 1260. The van der Waals surface area contributed by atoms with Crippen LogP contribution in [0, 0.1) is 26.1 Å². The van der Waals surface area contributed by atoms with Crippen LogP contribution >= 0.6 is 11.8 Å². The first-order chi connectivity index (χ1) is 17.3. The number of hydrogen-bond donors (Lipinski definition) is 0. The van der Waals surface area contributed by atoms with Crippen molar-refractivity contribution < 1.29 is 28.9 Å². The lowest BCUT2D eigenvalue weighted by Crippen LogP contribution is -2.34. The Labute approximate surface area is 210 Å². The van der Waals surface area contributed by atoms with Crippen molar-refractivity contribution in [2.24, 2.45) is 5.92 Å². The van der Waals surface area contributed by atoms with Crippen molar-refractivity contribution in [3.05, 3.63) is 67.1 Å². The summed E-state index contributed by atoms with van der Waals surface area (Å²) in [5.41, 5.74) is -0.434. The predicted molar refractivity (Wildman–Crippen MR) is 132 cm³/mol. The van der Waals surface area contributed by atoms with Crippen LogP contribution in [0.1, 0.15) is 37.7 Å². The minimum Gasteiger partial charge on any atom is -0.493 e. The first kappa shape index (κ1) is 25.2. The van der Waals surface area contributed by atoms with Crippen molar-refractivity contribution in [1.82, 2.24) is 4.90 Å². The molecule has 36 heavy (non-hydrogen) atoms. The van der Waals surface area contributed by atoms with Gasteiger partial charge in [-0.15, -0.1) is 0 Å². The van der Waals surface area contributed by atoms with Crippen molar-refractivity contribution in [2.45, 2.75) is 32.1 Å². The number of rotatable bonds is 8. The van der Waals surface area contributed by atoms with Crippen LogP contribution in [0.4, 0.5) is 16.2 Å². The fourth-order valence-corrected chi connectivity index (χ4v) is 5.11. The van der Waals surface area contributed by atoms with E-state index in [1.165, 1.54) is 24.5 Å². The molecule has 0 radical (unpaired) electrons. The van der Waals surface area contributed by atoms with Crippen LogP contribution in [-0.4, -0.2) is 39.5 Å². The lowest BCUT2D eigenvalue weighted by atomic mass is 9.89. The molecule has 1 aliphatic carbocycles. The van der Waals surface area contributed by atoms with Gasteiger partial charge in [0.15, 0.2) is 11.5 Å². The average molecular weight is 514 g/mol. The van der Waals surface area contributed by atoms with E-state index in [1.807, 2.05) is 0 Å². The van der Waals surface area contributed by atoms with Gasteiger partial charge in [0.05, 0.1) is 27.9 Å². The molecule has 1 aliphatic heterocycles. The quantitative estimate of drug-likeness (QED) is 0.239. The Balaban J connectivity index is 1.54. The molecule has 12 heteroatoms. The molecule has 1 saturated carbocycles. The number of hydrogen-bond acceptors (Lipinski definition) is 9. The van der Waals surface area contributed by atoms with Crippen LogP contribution in [0.5, 0.6) is 17.2 Å². The number of methoxy groups -OCH3 is 1. The van der Waals surface area contributed by atoms with E-state index in [1.54, 1.807) is 18.2 Å². The van der Waals surface area contributed by atoms with E-state index in [0.717, 1.165) is 55.6 Å². The summed E-state index contributed by atoms with van der Waals surface area (Å²) >= 11 is 0.891. The zero-order valence-corrected chi connectivity index (χ0v) is 20.2. The minimum absolute atomic E-state index is 0.136. The summed E-state index contributed by atoms with van der Waals surface area (Å²) in [4.78, 5) is 47.8. The molecule has 2 fully saturated rings. The minimum atomic E-state index is -0.771. The maximum Gasteiger partial charge on any atom is 0.318 e. The number of non-ortho nitro benzene ring substituents is 1. The van der Waals surface area contributed by atoms with E-state index in [-0.39, 0.29) is 28.4 Å². The highest BCUT2D eigenvalue weighted by molar-refractivity contribution is 8.18. The van der Waals surface area contributed by atoms with Gasteiger partial charge in [0, 0.05) is 12.6 Å². The zero-order valence-electron chi connectivity index (χ0n) is 19.4. The van der Waals surface area contributed by atoms with Crippen molar-refractivity contribution in [1.29, 1.82) is 0 Å². The molecule has 2 aromatic rings. The van der Waals surface area contributed by atoms with E-state index >= 15 is 0 Å². The Kier molecular flexibility index (Phi) is 7.53. The van der Waals surface area contributed by atoms with Gasteiger partial charge in [-0.2, -0.15) is 0 Å². The largest absolute Gasteiger partial charge is 0.493 e. The predicted octanol–water partition coefficient (Wildman–Crippen LogP) is 5.92. The summed E-state index contributed by atoms with van der Waals surface area (Å²) < 4.78 is 11.0. The highest BCUT2D eigenvalue weighted by Crippen LogP contribution is 2.40. The number of carbonyl (C=O) groups excluding carboxylic acids is 2. The maximum atomic E-state index is 12.9. The third-order valence-corrected chi connectivity index (χ3v) is 7.00. The molecule has 2 aromatic carbocycles. The number of imide groups is 1. The van der Waals surface area contributed by atoms with Crippen LogP contribution in [0.25, 0.3) is 6.08 Å². The molecule has 11 nitrogen and oxygen atoms in total. The van der Waals surface area contributed by atoms with Gasteiger partial charge in [0.25, 0.3) is 16.8 Å². The third-order valence-electron chi connectivity index (χ3n) is 6.09. The van der Waals surface area contributed by atoms with Crippen molar-refractivity contribution >= 4 is 40.4 Å². The molecule has 1 heterocycles. The van der Waals surface area contributed by atoms with E-state index in [0.29, 0.717) is 22.9 Å². The molecule has 0 unspecified atom stereocenters. The molecule has 2 amide bonds. The molecular weight excluding hydrogens is 490 g/mol. The second kappa shape index (κ2) is 10.8. The van der Waals surface area contributed by atoms with Crippen LogP contribution in [0.2, 0.25) is 0 Å². The summed E-state index contributed by atoms with van der Waals surface area (Å²) in [5.74, 6) is 0.179. The van der Waals surface area contributed by atoms with Crippen molar-refractivity contribution in [2.75, 3.05) is 13.7 Å². The number of benzene rings is 2. The van der Waals surface area contributed by atoms with Crippen LogP contribution in [0.15, 0.2) is 41.3 Å². The smallest absolute Gasteiger partial charge is 0.318 e. The molecule has 1 saturated heterocycles. The van der Waals surface area contributed by atoms with Gasteiger partial charge in [-0.3, -0.25) is 34.7 Å². The maximum absolute atomic E-state index is 12.9. The van der Waals surface area contributed by atoms with Gasteiger partial charge in [-0.05, 0) is 60.4 Å². The number of amides is 2. The van der Waals surface area contributed by atoms with Crippen LogP contribution < -0.4 is 9.47 Å². The standard InChI is InChI=1S/C24H23N3O8S/c1-34-21-11-16(12-22-23(28)25(24(29)36-22)14-15-5-3-2-4-6-15)7-9-20(21)35-19-10-8-17(26(30)31)13-18(19)27(32)33/h7-13,15H,2-6,14H2,1H3/b22-12+. The number of nitro groups is 2. The van der Waals surface area contributed by atoms with E-state index < -0.39 is 21.2 Å². The molecule has 2 aliphatic rings. The average Bonchev–Trinajstić information content (AvgIpc) is 3.12. The summed E-state index contributed by atoms with van der Waals surface area (Å²) in [5, 5.41) is 22.1. The Morgan fingerprint density at radius 2 is 1.72 bits per heavy atom. The number of nitrogens with zero attached hydrogens (tertiary/aromatic N) is 3. The van der Waals surface area contributed by atoms with Gasteiger partial charge in [-0.1, -0.05) is 25.3 Å². The van der Waals surface area contributed by atoms with Gasteiger partial charge < -0.3 is 9.47 Å². The van der Waals surface area contributed by atoms with Gasteiger partial charge in [0.1, 0.15) is 0 Å². The fourth-order valence-electron chi connectivity index (χ4n) is 4.26. The first-order valence-electron chi connectivity index (χ1n) is 11.3. The molecular formula is C24H23N3O8S. The first-order valence-corrected chi connectivity index (χ1v) is 12.1. The summed E-state index contributed by atoms with van der Waals surface area (Å²) in [6.45, 7) is 0.437. The molecule has 0 spiro atoms. The number of nitro benzene ring substituents is 2. The van der Waals surface area contributed by atoms with E-state index in [4.69, 9.17) is 9.47 Å². The van der Waals surface area contributed by atoms with Crippen molar-refractivity contribution in [3.8, 4) is 17.2 Å². The number of ether oxygens (including phenoxy) is 2. The zero-order chi connectivity index (χ0) is 25.8. The van der Waals surface area contributed by atoms with Gasteiger partial charge >= 0.3 is 5.69 Å². The summed E-state index contributed by atoms with van der Waals surface area (Å²) in [7, 11) is 1.38. The number of thioether (sulfide) groups is 1. The molecule has 0 aromatic heterocycles. The summed E-state index contributed by atoms with van der Waals surface area (Å²) in [6.07, 6.45) is 7.06. The monoisotopic (exact) mass is 513 g/mol. The Morgan fingerprint density at radius 3 is 2.39 bits per heavy atom.